The summed E-state index contributed by atoms with van der Waals surface area (Å²) in [7, 11) is 0. The second-order valence-corrected chi connectivity index (χ2v) is 4.55. The van der Waals surface area contributed by atoms with Crippen molar-refractivity contribution in [1.82, 2.24) is 4.98 Å². The highest BCUT2D eigenvalue weighted by Crippen LogP contribution is 2.29. The SMILES string of the molecule is CCC(C)(C)c1nc2cc(C#N)ccc2o1. The molecule has 0 atom stereocenters. The lowest BCUT2D eigenvalue weighted by Crippen LogP contribution is -2.15. The van der Waals surface area contributed by atoms with Crippen LogP contribution in [0.3, 0.4) is 0 Å². The number of aromatic nitrogens is 1. The van der Waals surface area contributed by atoms with Crippen LogP contribution < -0.4 is 0 Å². The normalized spacial score (nSPS) is 11.6. The van der Waals surface area contributed by atoms with Crippen molar-refractivity contribution in [3.05, 3.63) is 29.7 Å². The van der Waals surface area contributed by atoms with E-state index in [2.05, 4.69) is 31.8 Å². The summed E-state index contributed by atoms with van der Waals surface area (Å²) in [6.07, 6.45) is 0.963. The Bertz CT molecular complexity index is 561. The van der Waals surface area contributed by atoms with Gasteiger partial charge in [-0.1, -0.05) is 20.8 Å². The molecular weight excluding hydrogens is 200 g/mol. The largest absolute Gasteiger partial charge is 0.440 e. The number of oxazole rings is 1. The summed E-state index contributed by atoms with van der Waals surface area (Å²) in [6, 6.07) is 7.41. The van der Waals surface area contributed by atoms with E-state index in [1.807, 2.05) is 0 Å². The number of fused-ring (bicyclic) bond motifs is 1. The van der Waals surface area contributed by atoms with Gasteiger partial charge in [0.1, 0.15) is 5.52 Å². The third-order valence-corrected chi connectivity index (χ3v) is 2.98. The van der Waals surface area contributed by atoms with Gasteiger partial charge in [-0.25, -0.2) is 4.98 Å². The van der Waals surface area contributed by atoms with Gasteiger partial charge in [-0.3, -0.25) is 0 Å². The topological polar surface area (TPSA) is 49.8 Å². The van der Waals surface area contributed by atoms with Gasteiger partial charge in [-0.2, -0.15) is 5.26 Å². The van der Waals surface area contributed by atoms with E-state index >= 15 is 0 Å². The number of hydrogen-bond acceptors (Lipinski definition) is 3. The molecule has 0 aliphatic rings. The van der Waals surface area contributed by atoms with Gasteiger partial charge in [-0.05, 0) is 24.6 Å². The average Bonchev–Trinajstić information content (AvgIpc) is 2.72. The van der Waals surface area contributed by atoms with Crippen molar-refractivity contribution in [3.63, 3.8) is 0 Å². The molecule has 82 valence electrons. The van der Waals surface area contributed by atoms with Gasteiger partial charge >= 0.3 is 0 Å². The zero-order valence-corrected chi connectivity index (χ0v) is 9.74. The molecule has 2 rings (SSSR count). The average molecular weight is 214 g/mol. The summed E-state index contributed by atoms with van der Waals surface area (Å²) >= 11 is 0. The first kappa shape index (κ1) is 10.7. The van der Waals surface area contributed by atoms with Gasteiger partial charge in [0.05, 0.1) is 11.6 Å². The van der Waals surface area contributed by atoms with E-state index in [1.54, 1.807) is 18.2 Å². The van der Waals surface area contributed by atoms with Crippen LogP contribution in [0.5, 0.6) is 0 Å². The fraction of sp³-hybridized carbons (Fsp3) is 0.385. The van der Waals surface area contributed by atoms with Gasteiger partial charge < -0.3 is 4.42 Å². The number of hydrogen-bond donors (Lipinski definition) is 0. The fourth-order valence-electron chi connectivity index (χ4n) is 1.44. The van der Waals surface area contributed by atoms with Crippen LogP contribution in [-0.2, 0) is 5.41 Å². The predicted octanol–water partition coefficient (Wildman–Crippen LogP) is 3.39. The Morgan fingerprint density at radius 2 is 2.19 bits per heavy atom. The van der Waals surface area contributed by atoms with Crippen molar-refractivity contribution in [1.29, 1.82) is 5.26 Å². The summed E-state index contributed by atoms with van der Waals surface area (Å²) in [5.74, 6) is 0.736. The predicted molar refractivity (Wildman–Crippen MR) is 62.0 cm³/mol. The molecular formula is C13H14N2O. The second kappa shape index (κ2) is 3.64. The molecule has 1 aromatic heterocycles. The summed E-state index contributed by atoms with van der Waals surface area (Å²) in [5.41, 5.74) is 2.05. The van der Waals surface area contributed by atoms with Crippen molar-refractivity contribution >= 4 is 11.1 Å². The number of rotatable bonds is 2. The molecule has 2 aromatic rings. The highest BCUT2D eigenvalue weighted by atomic mass is 16.3. The second-order valence-electron chi connectivity index (χ2n) is 4.55. The highest BCUT2D eigenvalue weighted by Gasteiger charge is 2.24. The zero-order valence-electron chi connectivity index (χ0n) is 9.74. The molecule has 0 saturated heterocycles. The van der Waals surface area contributed by atoms with Crippen LogP contribution in [0.15, 0.2) is 22.6 Å². The van der Waals surface area contributed by atoms with E-state index < -0.39 is 0 Å². The van der Waals surface area contributed by atoms with Gasteiger partial charge in [0.15, 0.2) is 5.58 Å². The molecule has 0 radical (unpaired) electrons. The van der Waals surface area contributed by atoms with Crippen molar-refractivity contribution in [3.8, 4) is 6.07 Å². The number of nitrogens with zero attached hydrogens (tertiary/aromatic N) is 2. The third-order valence-electron chi connectivity index (χ3n) is 2.98. The molecule has 0 bridgehead atoms. The van der Waals surface area contributed by atoms with Gasteiger partial charge in [0, 0.05) is 5.41 Å². The molecule has 0 unspecified atom stereocenters. The first-order valence-corrected chi connectivity index (χ1v) is 5.38. The van der Waals surface area contributed by atoms with Crippen LogP contribution in [0.25, 0.3) is 11.1 Å². The Kier molecular flexibility index (Phi) is 2.43. The minimum absolute atomic E-state index is 0.0637. The molecule has 0 amide bonds. The van der Waals surface area contributed by atoms with E-state index in [1.165, 1.54) is 0 Å². The first-order chi connectivity index (χ1) is 7.56. The monoisotopic (exact) mass is 214 g/mol. The lowest BCUT2D eigenvalue weighted by molar-refractivity contribution is 0.374. The molecule has 1 aromatic carbocycles. The third kappa shape index (κ3) is 1.67. The standard InChI is InChI=1S/C13H14N2O/c1-4-13(2,3)12-15-10-7-9(8-14)5-6-11(10)16-12/h5-7H,4H2,1-3H3. The Morgan fingerprint density at radius 1 is 1.44 bits per heavy atom. The molecule has 3 nitrogen and oxygen atoms in total. The molecule has 0 fully saturated rings. The maximum absolute atomic E-state index is 8.80. The highest BCUT2D eigenvalue weighted by molar-refractivity contribution is 5.74. The summed E-state index contributed by atoms with van der Waals surface area (Å²) < 4.78 is 5.70. The Labute approximate surface area is 94.7 Å². The molecule has 0 aliphatic heterocycles. The van der Waals surface area contributed by atoms with Crippen LogP contribution in [-0.4, -0.2) is 4.98 Å². The molecule has 0 saturated carbocycles. The Hall–Kier alpha value is -1.82. The molecule has 0 spiro atoms. The Morgan fingerprint density at radius 3 is 2.81 bits per heavy atom. The van der Waals surface area contributed by atoms with E-state index in [0.717, 1.165) is 23.4 Å². The van der Waals surface area contributed by atoms with Gasteiger partial charge in [0.2, 0.25) is 5.89 Å². The van der Waals surface area contributed by atoms with Crippen LogP contribution in [0.4, 0.5) is 0 Å². The molecule has 0 aliphatic carbocycles. The zero-order chi connectivity index (χ0) is 11.8. The van der Waals surface area contributed by atoms with Gasteiger partial charge in [-0.15, -0.1) is 0 Å². The summed E-state index contributed by atoms with van der Waals surface area (Å²) in [6.45, 7) is 6.31. The number of benzene rings is 1. The van der Waals surface area contributed by atoms with Crippen LogP contribution >= 0.6 is 0 Å². The van der Waals surface area contributed by atoms with E-state index in [-0.39, 0.29) is 5.41 Å². The Balaban J connectivity index is 2.57. The van der Waals surface area contributed by atoms with Crippen LogP contribution in [0.1, 0.15) is 38.6 Å². The molecule has 3 heteroatoms. The smallest absolute Gasteiger partial charge is 0.201 e. The fourth-order valence-corrected chi connectivity index (χ4v) is 1.44. The lowest BCUT2D eigenvalue weighted by atomic mass is 9.90. The van der Waals surface area contributed by atoms with Crippen LogP contribution in [0.2, 0.25) is 0 Å². The van der Waals surface area contributed by atoms with Crippen molar-refractivity contribution in [2.45, 2.75) is 32.6 Å². The van der Waals surface area contributed by atoms with Crippen molar-refractivity contribution in [2.24, 2.45) is 0 Å². The number of nitriles is 1. The minimum Gasteiger partial charge on any atom is -0.440 e. The molecule has 0 N–H and O–H groups in total. The minimum atomic E-state index is -0.0637. The van der Waals surface area contributed by atoms with E-state index in [4.69, 9.17) is 9.68 Å². The summed E-state index contributed by atoms with van der Waals surface area (Å²) in [4.78, 5) is 4.45. The lowest BCUT2D eigenvalue weighted by Gasteiger charge is -2.16. The van der Waals surface area contributed by atoms with Gasteiger partial charge in [0.25, 0.3) is 0 Å². The first-order valence-electron chi connectivity index (χ1n) is 5.38. The van der Waals surface area contributed by atoms with E-state index in [0.29, 0.717) is 5.56 Å². The quantitative estimate of drug-likeness (QED) is 0.769. The van der Waals surface area contributed by atoms with Crippen molar-refractivity contribution in [2.75, 3.05) is 0 Å². The molecule has 16 heavy (non-hydrogen) atoms. The molecule has 1 heterocycles. The summed E-state index contributed by atoms with van der Waals surface area (Å²) in [5, 5.41) is 8.80. The maximum atomic E-state index is 8.80. The van der Waals surface area contributed by atoms with Crippen LogP contribution in [0, 0.1) is 11.3 Å². The maximum Gasteiger partial charge on any atom is 0.201 e. The van der Waals surface area contributed by atoms with Crippen molar-refractivity contribution < 1.29 is 4.42 Å². The van der Waals surface area contributed by atoms with E-state index in [9.17, 15) is 0 Å².